The third-order valence-corrected chi connectivity index (χ3v) is 7.09. The highest BCUT2D eigenvalue weighted by molar-refractivity contribution is 7.91. The fourth-order valence-electron chi connectivity index (χ4n) is 2.68. The molecule has 118 valence electrons. The van der Waals surface area contributed by atoms with E-state index in [1.807, 2.05) is 13.8 Å². The predicted molar refractivity (Wildman–Crippen MR) is 82.3 cm³/mol. The van der Waals surface area contributed by atoms with Crippen LogP contribution in [0.4, 0.5) is 0 Å². The minimum absolute atomic E-state index is 0.0489. The summed E-state index contributed by atoms with van der Waals surface area (Å²) in [6.07, 6.45) is 3.89. The van der Waals surface area contributed by atoms with Crippen LogP contribution in [0.25, 0.3) is 0 Å². The molecule has 7 heteroatoms. The van der Waals surface area contributed by atoms with Crippen LogP contribution < -0.4 is 0 Å². The maximum Gasteiger partial charge on any atom is 0.345 e. The molecule has 2 rings (SSSR count). The van der Waals surface area contributed by atoms with Gasteiger partial charge in [-0.25, -0.2) is 13.2 Å². The number of hydrogen-bond acceptors (Lipinski definition) is 4. The highest BCUT2D eigenvalue weighted by atomic mass is 32.2. The number of hydrogen-bond donors (Lipinski definition) is 1. The van der Waals surface area contributed by atoms with Crippen molar-refractivity contribution in [3.05, 3.63) is 17.0 Å². The number of nitrogens with zero attached hydrogens (tertiary/aromatic N) is 1. The van der Waals surface area contributed by atoms with Gasteiger partial charge < -0.3 is 5.11 Å². The van der Waals surface area contributed by atoms with Gasteiger partial charge in [0, 0.05) is 12.6 Å². The summed E-state index contributed by atoms with van der Waals surface area (Å²) in [5.74, 6) is -0.850. The molecule has 21 heavy (non-hydrogen) atoms. The predicted octanol–water partition coefficient (Wildman–Crippen LogP) is 3.04. The normalized spacial score (nSPS) is 17.0. The number of carboxylic acids is 1. The second-order valence-electron chi connectivity index (χ2n) is 5.83. The second kappa shape index (κ2) is 6.46. The van der Waals surface area contributed by atoms with Gasteiger partial charge in [0.15, 0.2) is 0 Å². The lowest BCUT2D eigenvalue weighted by molar-refractivity contribution is 0.0702. The smallest absolute Gasteiger partial charge is 0.345 e. The van der Waals surface area contributed by atoms with E-state index in [4.69, 9.17) is 5.11 Å². The van der Waals surface area contributed by atoms with E-state index in [9.17, 15) is 13.2 Å². The maximum atomic E-state index is 12.8. The maximum absolute atomic E-state index is 12.8. The summed E-state index contributed by atoms with van der Waals surface area (Å²) in [5, 5.41) is 8.96. The molecule has 0 spiro atoms. The SMILES string of the molecule is CC(C)CN(C1CCCC1)S(=O)(=O)c1ccc(C(=O)O)s1. The third kappa shape index (κ3) is 3.64. The van der Waals surface area contributed by atoms with E-state index in [0.29, 0.717) is 6.54 Å². The van der Waals surface area contributed by atoms with Crippen molar-refractivity contribution < 1.29 is 18.3 Å². The van der Waals surface area contributed by atoms with E-state index in [-0.39, 0.29) is 21.0 Å². The van der Waals surface area contributed by atoms with E-state index in [1.165, 1.54) is 12.1 Å². The molecule has 1 aliphatic rings. The Morgan fingerprint density at radius 2 is 2.00 bits per heavy atom. The molecule has 1 fully saturated rings. The first-order valence-electron chi connectivity index (χ1n) is 7.17. The number of carboxylic acid groups (broad SMARTS) is 1. The molecule has 1 aromatic heterocycles. The Labute approximate surface area is 129 Å². The zero-order chi connectivity index (χ0) is 15.6. The highest BCUT2D eigenvalue weighted by Crippen LogP contribution is 2.32. The average molecular weight is 331 g/mol. The molecule has 1 heterocycles. The van der Waals surface area contributed by atoms with Crippen LogP contribution in [-0.2, 0) is 10.0 Å². The zero-order valence-corrected chi connectivity index (χ0v) is 13.9. The van der Waals surface area contributed by atoms with E-state index in [2.05, 4.69) is 0 Å². The second-order valence-corrected chi connectivity index (χ2v) is 9.03. The molecular formula is C14H21NO4S2. The van der Waals surface area contributed by atoms with Crippen LogP contribution in [0, 0.1) is 5.92 Å². The summed E-state index contributed by atoms with van der Waals surface area (Å²) in [7, 11) is -3.60. The van der Waals surface area contributed by atoms with Crippen LogP contribution in [0.1, 0.15) is 49.2 Å². The van der Waals surface area contributed by atoms with Gasteiger partial charge in [0.25, 0.3) is 10.0 Å². The van der Waals surface area contributed by atoms with Crippen molar-refractivity contribution in [2.45, 2.75) is 49.8 Å². The zero-order valence-electron chi connectivity index (χ0n) is 12.3. The van der Waals surface area contributed by atoms with Gasteiger partial charge in [0.2, 0.25) is 0 Å². The van der Waals surface area contributed by atoms with Crippen LogP contribution in [0.15, 0.2) is 16.3 Å². The topological polar surface area (TPSA) is 74.7 Å². The van der Waals surface area contributed by atoms with Gasteiger partial charge in [-0.2, -0.15) is 4.31 Å². The van der Waals surface area contributed by atoms with Gasteiger partial charge in [-0.05, 0) is 30.9 Å². The lowest BCUT2D eigenvalue weighted by Crippen LogP contribution is -2.40. The molecule has 0 bridgehead atoms. The van der Waals surface area contributed by atoms with Crippen molar-refractivity contribution in [3.63, 3.8) is 0 Å². The number of thiophene rings is 1. The van der Waals surface area contributed by atoms with E-state index in [0.717, 1.165) is 37.0 Å². The molecule has 1 N–H and O–H groups in total. The summed E-state index contributed by atoms with van der Waals surface area (Å²) < 4.78 is 27.4. The van der Waals surface area contributed by atoms with Crippen molar-refractivity contribution in [3.8, 4) is 0 Å². The molecular weight excluding hydrogens is 310 g/mol. The number of rotatable bonds is 6. The molecule has 0 amide bonds. The standard InChI is InChI=1S/C14H21NO4S2/c1-10(2)9-15(11-5-3-4-6-11)21(18,19)13-8-7-12(20-13)14(16)17/h7-8,10-11H,3-6,9H2,1-2H3,(H,16,17). The van der Waals surface area contributed by atoms with Crippen molar-refractivity contribution >= 4 is 27.3 Å². The molecule has 1 aromatic rings. The Hall–Kier alpha value is -0.920. The number of carbonyl (C=O) groups is 1. The summed E-state index contributed by atoms with van der Waals surface area (Å²) in [6.45, 7) is 4.47. The van der Waals surface area contributed by atoms with E-state index >= 15 is 0 Å². The van der Waals surface area contributed by atoms with Crippen LogP contribution in [0.3, 0.4) is 0 Å². The Morgan fingerprint density at radius 1 is 1.38 bits per heavy atom. The largest absolute Gasteiger partial charge is 0.477 e. The van der Waals surface area contributed by atoms with Crippen LogP contribution in [0.5, 0.6) is 0 Å². The van der Waals surface area contributed by atoms with Gasteiger partial charge in [-0.15, -0.1) is 11.3 Å². The first kappa shape index (κ1) is 16.5. The third-order valence-electron chi connectivity index (χ3n) is 3.63. The molecule has 5 nitrogen and oxygen atoms in total. The van der Waals surface area contributed by atoms with Gasteiger partial charge in [0.05, 0.1) is 0 Å². The van der Waals surface area contributed by atoms with Gasteiger partial charge in [-0.3, -0.25) is 0 Å². The minimum atomic E-state index is -3.60. The Morgan fingerprint density at radius 3 is 2.48 bits per heavy atom. The monoisotopic (exact) mass is 331 g/mol. The van der Waals surface area contributed by atoms with Crippen molar-refractivity contribution in [1.29, 1.82) is 0 Å². The molecule has 1 saturated carbocycles. The molecule has 0 unspecified atom stereocenters. The first-order valence-corrected chi connectivity index (χ1v) is 9.43. The number of sulfonamides is 1. The summed E-state index contributed by atoms with van der Waals surface area (Å²) in [4.78, 5) is 11.0. The molecule has 0 aromatic carbocycles. The van der Waals surface area contributed by atoms with Crippen molar-refractivity contribution in [2.24, 2.45) is 5.92 Å². The Bertz CT molecular complexity index is 600. The molecule has 0 radical (unpaired) electrons. The fourth-order valence-corrected chi connectivity index (χ4v) is 5.81. The molecule has 1 aliphatic carbocycles. The minimum Gasteiger partial charge on any atom is -0.477 e. The van der Waals surface area contributed by atoms with E-state index in [1.54, 1.807) is 4.31 Å². The van der Waals surface area contributed by atoms with Crippen LogP contribution in [-0.4, -0.2) is 36.4 Å². The average Bonchev–Trinajstić information content (AvgIpc) is 3.06. The van der Waals surface area contributed by atoms with Crippen LogP contribution >= 0.6 is 11.3 Å². The lowest BCUT2D eigenvalue weighted by Gasteiger charge is -2.29. The highest BCUT2D eigenvalue weighted by Gasteiger charge is 2.34. The molecule has 0 atom stereocenters. The number of aromatic carboxylic acids is 1. The Kier molecular flexibility index (Phi) is 5.06. The van der Waals surface area contributed by atoms with Crippen molar-refractivity contribution in [1.82, 2.24) is 4.31 Å². The quantitative estimate of drug-likeness (QED) is 0.869. The molecule has 0 saturated heterocycles. The van der Waals surface area contributed by atoms with E-state index < -0.39 is 16.0 Å². The summed E-state index contributed by atoms with van der Waals surface area (Å²) >= 11 is 0.833. The first-order chi connectivity index (χ1) is 9.82. The summed E-state index contributed by atoms with van der Waals surface area (Å²) in [6, 6.07) is 2.82. The lowest BCUT2D eigenvalue weighted by atomic mass is 10.2. The Balaban J connectivity index is 2.33. The van der Waals surface area contributed by atoms with Gasteiger partial charge in [0.1, 0.15) is 9.09 Å². The van der Waals surface area contributed by atoms with Crippen LogP contribution in [0.2, 0.25) is 0 Å². The molecule has 0 aliphatic heterocycles. The van der Waals surface area contributed by atoms with Crippen molar-refractivity contribution in [2.75, 3.05) is 6.54 Å². The fraction of sp³-hybridized carbons (Fsp3) is 0.643. The van der Waals surface area contributed by atoms with Gasteiger partial charge in [-0.1, -0.05) is 26.7 Å². The van der Waals surface area contributed by atoms with Gasteiger partial charge >= 0.3 is 5.97 Å². The summed E-state index contributed by atoms with van der Waals surface area (Å²) in [5.41, 5.74) is 0.